The van der Waals surface area contributed by atoms with Gasteiger partial charge in [-0.1, -0.05) is 24.3 Å². The maximum Gasteiger partial charge on any atom is 0.250 e. The topological polar surface area (TPSA) is 34.0 Å². The fourth-order valence-electron chi connectivity index (χ4n) is 2.95. The molecule has 20 heavy (non-hydrogen) atoms. The molecule has 3 rings (SSSR count). The summed E-state index contributed by atoms with van der Waals surface area (Å²) in [5, 5.41) is 3.42. The lowest BCUT2D eigenvalue weighted by Gasteiger charge is -2.14. The van der Waals surface area contributed by atoms with Gasteiger partial charge in [-0.15, -0.1) is 0 Å². The van der Waals surface area contributed by atoms with Crippen LogP contribution in [0.5, 0.6) is 0 Å². The zero-order valence-electron chi connectivity index (χ0n) is 11.9. The van der Waals surface area contributed by atoms with Gasteiger partial charge in [0.2, 0.25) is 0 Å². The molecule has 1 heterocycles. The van der Waals surface area contributed by atoms with E-state index in [1.165, 1.54) is 23.2 Å². The van der Waals surface area contributed by atoms with Crippen molar-refractivity contribution in [2.75, 3.05) is 11.9 Å². The Bertz CT molecular complexity index is 673. The van der Waals surface area contributed by atoms with Crippen LogP contribution >= 0.6 is 0 Å². The number of rotatable bonds is 4. The van der Waals surface area contributed by atoms with E-state index in [0.717, 1.165) is 31.6 Å². The third-order valence-electron chi connectivity index (χ3n) is 4.05. The summed E-state index contributed by atoms with van der Waals surface area (Å²) >= 11 is 0. The van der Waals surface area contributed by atoms with Crippen molar-refractivity contribution in [3.8, 4) is 0 Å². The highest BCUT2D eigenvalue weighted by molar-refractivity contribution is 5.50. The molecule has 0 bridgehead atoms. The summed E-state index contributed by atoms with van der Waals surface area (Å²) in [5.41, 5.74) is 5.09. The average Bonchev–Trinajstić information content (AvgIpc) is 2.92. The highest BCUT2D eigenvalue weighted by atomic mass is 16.1. The first kappa shape index (κ1) is 13.0. The van der Waals surface area contributed by atoms with Crippen LogP contribution in [0.3, 0.4) is 0 Å². The van der Waals surface area contributed by atoms with E-state index in [9.17, 15) is 4.79 Å². The molecule has 3 nitrogen and oxygen atoms in total. The van der Waals surface area contributed by atoms with Gasteiger partial charge in [0.1, 0.15) is 0 Å². The highest BCUT2D eigenvalue weighted by Crippen LogP contribution is 2.20. The van der Waals surface area contributed by atoms with Crippen LogP contribution in [0.2, 0.25) is 0 Å². The molecule has 0 atom stereocenters. The zero-order valence-corrected chi connectivity index (χ0v) is 11.9. The molecule has 0 unspecified atom stereocenters. The van der Waals surface area contributed by atoms with Gasteiger partial charge < -0.3 is 9.88 Å². The van der Waals surface area contributed by atoms with Gasteiger partial charge >= 0.3 is 0 Å². The van der Waals surface area contributed by atoms with Crippen LogP contribution in [0, 0.1) is 6.92 Å². The maximum atomic E-state index is 12.0. The number of aryl methyl sites for hydroxylation is 2. The number of hydrogen-bond acceptors (Lipinski definition) is 2. The van der Waals surface area contributed by atoms with Gasteiger partial charge in [-0.3, -0.25) is 4.79 Å². The SMILES string of the molecule is Cc1ccccc1NCCn1c2c(ccc1=O)CCC2. The molecule has 3 heteroatoms. The van der Waals surface area contributed by atoms with E-state index in [2.05, 4.69) is 24.4 Å². The second kappa shape index (κ2) is 5.53. The number of pyridine rings is 1. The van der Waals surface area contributed by atoms with Crippen LogP contribution in [0.15, 0.2) is 41.2 Å². The van der Waals surface area contributed by atoms with Gasteiger partial charge in [-0.2, -0.15) is 0 Å². The number of hydrogen-bond donors (Lipinski definition) is 1. The number of nitrogens with zero attached hydrogens (tertiary/aromatic N) is 1. The first-order chi connectivity index (χ1) is 9.75. The average molecular weight is 268 g/mol. The minimum absolute atomic E-state index is 0.122. The summed E-state index contributed by atoms with van der Waals surface area (Å²) < 4.78 is 1.94. The van der Waals surface area contributed by atoms with Crippen molar-refractivity contribution in [2.45, 2.75) is 32.7 Å². The lowest BCUT2D eigenvalue weighted by molar-refractivity contribution is 0.659. The van der Waals surface area contributed by atoms with Gasteiger partial charge in [-0.25, -0.2) is 0 Å². The largest absolute Gasteiger partial charge is 0.383 e. The van der Waals surface area contributed by atoms with E-state index in [4.69, 9.17) is 0 Å². The zero-order chi connectivity index (χ0) is 13.9. The van der Waals surface area contributed by atoms with E-state index >= 15 is 0 Å². The van der Waals surface area contributed by atoms with Crippen molar-refractivity contribution < 1.29 is 0 Å². The van der Waals surface area contributed by atoms with Crippen LogP contribution in [-0.4, -0.2) is 11.1 Å². The molecule has 1 aromatic carbocycles. The van der Waals surface area contributed by atoms with Crippen LogP contribution < -0.4 is 10.9 Å². The summed E-state index contributed by atoms with van der Waals surface area (Å²) in [5.74, 6) is 0. The molecule has 0 amide bonds. The number of fused-ring (bicyclic) bond motifs is 1. The van der Waals surface area contributed by atoms with Gasteiger partial charge in [0, 0.05) is 30.5 Å². The number of benzene rings is 1. The Balaban J connectivity index is 1.72. The van der Waals surface area contributed by atoms with Crippen molar-refractivity contribution in [3.05, 3.63) is 63.6 Å². The Morgan fingerprint density at radius 2 is 2.00 bits per heavy atom. The molecule has 1 aliphatic carbocycles. The van der Waals surface area contributed by atoms with Crippen LogP contribution in [0.1, 0.15) is 23.2 Å². The van der Waals surface area contributed by atoms with Crippen LogP contribution in [-0.2, 0) is 19.4 Å². The highest BCUT2D eigenvalue weighted by Gasteiger charge is 2.15. The molecule has 104 valence electrons. The first-order valence-electron chi connectivity index (χ1n) is 7.27. The Morgan fingerprint density at radius 3 is 2.85 bits per heavy atom. The minimum Gasteiger partial charge on any atom is -0.383 e. The fraction of sp³-hybridized carbons (Fsp3) is 0.353. The second-order valence-electron chi connectivity index (χ2n) is 5.39. The number of anilines is 1. The maximum absolute atomic E-state index is 12.0. The van der Waals surface area contributed by atoms with Crippen molar-refractivity contribution in [2.24, 2.45) is 0 Å². The lowest BCUT2D eigenvalue weighted by atomic mass is 10.2. The minimum atomic E-state index is 0.122. The lowest BCUT2D eigenvalue weighted by Crippen LogP contribution is -2.26. The van der Waals surface area contributed by atoms with Gasteiger partial charge in [0.05, 0.1) is 0 Å². The Hall–Kier alpha value is -2.03. The van der Waals surface area contributed by atoms with E-state index in [0.29, 0.717) is 0 Å². The summed E-state index contributed by atoms with van der Waals surface area (Å²) in [4.78, 5) is 12.0. The number of aromatic nitrogens is 1. The molecule has 1 N–H and O–H groups in total. The molecule has 1 aliphatic rings. The molecule has 0 fully saturated rings. The van der Waals surface area contributed by atoms with Crippen molar-refractivity contribution in [1.29, 1.82) is 0 Å². The predicted molar refractivity (Wildman–Crippen MR) is 82.4 cm³/mol. The predicted octanol–water partition coefficient (Wildman–Crippen LogP) is 2.76. The first-order valence-corrected chi connectivity index (χ1v) is 7.27. The van der Waals surface area contributed by atoms with E-state index < -0.39 is 0 Å². The standard InChI is InChI=1S/C17H20N2O/c1-13-5-2-3-7-15(13)18-11-12-19-16-8-4-6-14(16)9-10-17(19)20/h2-3,5,7,9-10,18H,4,6,8,11-12H2,1H3. The van der Waals surface area contributed by atoms with Crippen molar-refractivity contribution in [3.63, 3.8) is 0 Å². The van der Waals surface area contributed by atoms with Gasteiger partial charge in [0.25, 0.3) is 5.56 Å². The smallest absolute Gasteiger partial charge is 0.250 e. The number of nitrogens with one attached hydrogen (secondary N) is 1. The molecule has 2 aromatic rings. The number of para-hydroxylation sites is 1. The normalized spacial score (nSPS) is 13.2. The Labute approximate surface area is 119 Å². The summed E-state index contributed by atoms with van der Waals surface area (Å²) in [7, 11) is 0. The van der Waals surface area contributed by atoms with E-state index in [1.54, 1.807) is 6.07 Å². The van der Waals surface area contributed by atoms with Crippen LogP contribution in [0.25, 0.3) is 0 Å². The monoisotopic (exact) mass is 268 g/mol. The molecule has 0 radical (unpaired) electrons. The fourth-order valence-corrected chi connectivity index (χ4v) is 2.95. The molecule has 1 aromatic heterocycles. The van der Waals surface area contributed by atoms with Crippen LogP contribution in [0.4, 0.5) is 5.69 Å². The third kappa shape index (κ3) is 2.48. The summed E-state index contributed by atoms with van der Waals surface area (Å²) in [6, 6.07) is 11.9. The summed E-state index contributed by atoms with van der Waals surface area (Å²) in [6.45, 7) is 3.60. The molecular formula is C17H20N2O. The molecular weight excluding hydrogens is 248 g/mol. The molecule has 0 saturated carbocycles. The second-order valence-corrected chi connectivity index (χ2v) is 5.39. The summed E-state index contributed by atoms with van der Waals surface area (Å²) in [6.07, 6.45) is 3.32. The van der Waals surface area contributed by atoms with Gasteiger partial charge in [0.15, 0.2) is 0 Å². The Morgan fingerprint density at radius 1 is 1.15 bits per heavy atom. The third-order valence-corrected chi connectivity index (χ3v) is 4.05. The van der Waals surface area contributed by atoms with E-state index in [1.807, 2.05) is 22.8 Å². The quantitative estimate of drug-likeness (QED) is 0.925. The molecule has 0 aliphatic heterocycles. The van der Waals surface area contributed by atoms with Crippen molar-refractivity contribution in [1.82, 2.24) is 4.57 Å². The molecule has 0 spiro atoms. The van der Waals surface area contributed by atoms with Gasteiger partial charge in [-0.05, 0) is 43.4 Å². The Kier molecular flexibility index (Phi) is 3.59. The van der Waals surface area contributed by atoms with Crippen molar-refractivity contribution >= 4 is 5.69 Å². The molecule has 0 saturated heterocycles. The van der Waals surface area contributed by atoms with E-state index in [-0.39, 0.29) is 5.56 Å².